The highest BCUT2D eigenvalue weighted by Gasteiger charge is 2.66. The van der Waals surface area contributed by atoms with E-state index < -0.39 is 0 Å². The first-order chi connectivity index (χ1) is 7.00. The van der Waals surface area contributed by atoms with Crippen LogP contribution in [0.25, 0.3) is 0 Å². The molecule has 15 heavy (non-hydrogen) atoms. The Bertz CT molecular complexity index is 270. The lowest BCUT2D eigenvalue weighted by Gasteiger charge is -2.20. The van der Waals surface area contributed by atoms with E-state index in [2.05, 4.69) is 52.0 Å². The van der Waals surface area contributed by atoms with Gasteiger partial charge in [-0.1, -0.05) is 39.8 Å². The lowest BCUT2D eigenvalue weighted by atomic mass is 9.78. The first kappa shape index (κ1) is 10.9. The average Bonchev–Trinajstić information content (AvgIpc) is 2.69. The van der Waals surface area contributed by atoms with Gasteiger partial charge in [-0.3, -0.25) is 0 Å². The monoisotopic (exact) mass is 206 g/mol. The second kappa shape index (κ2) is 3.48. The molecule has 2 aliphatic rings. The standard InChI is InChI=1S/C14H22O/c1-11(2)9-13-7-5-6-8-14(13,15-13)10-12(3)4/h5-8,11-12H,9-10H2,1-4H3. The smallest absolute Gasteiger partial charge is 0.121 e. The van der Waals surface area contributed by atoms with Crippen molar-refractivity contribution in [3.8, 4) is 0 Å². The molecule has 0 saturated carbocycles. The van der Waals surface area contributed by atoms with Gasteiger partial charge < -0.3 is 4.74 Å². The molecule has 1 aliphatic carbocycles. The highest BCUT2D eigenvalue weighted by molar-refractivity contribution is 5.39. The van der Waals surface area contributed by atoms with Gasteiger partial charge in [0.25, 0.3) is 0 Å². The zero-order valence-electron chi connectivity index (χ0n) is 10.3. The number of ether oxygens (including phenoxy) is 1. The molecule has 2 rings (SSSR count). The van der Waals surface area contributed by atoms with E-state index in [0.717, 1.165) is 12.8 Å². The van der Waals surface area contributed by atoms with Gasteiger partial charge in [0.15, 0.2) is 0 Å². The zero-order chi connectivity index (χ0) is 11.1. The van der Waals surface area contributed by atoms with Crippen LogP contribution in [-0.2, 0) is 4.74 Å². The van der Waals surface area contributed by atoms with E-state index in [4.69, 9.17) is 4.74 Å². The van der Waals surface area contributed by atoms with Crippen molar-refractivity contribution in [2.45, 2.75) is 51.7 Å². The van der Waals surface area contributed by atoms with E-state index in [0.29, 0.717) is 11.8 Å². The van der Waals surface area contributed by atoms with Gasteiger partial charge in [-0.25, -0.2) is 0 Å². The Hall–Kier alpha value is -0.560. The van der Waals surface area contributed by atoms with Crippen LogP contribution in [-0.4, -0.2) is 11.2 Å². The van der Waals surface area contributed by atoms with Gasteiger partial charge >= 0.3 is 0 Å². The van der Waals surface area contributed by atoms with Crippen molar-refractivity contribution in [1.82, 2.24) is 0 Å². The molecule has 1 nitrogen and oxygen atoms in total. The molecule has 0 bridgehead atoms. The summed E-state index contributed by atoms with van der Waals surface area (Å²) < 4.78 is 6.10. The van der Waals surface area contributed by atoms with Crippen LogP contribution < -0.4 is 0 Å². The number of hydrogen-bond donors (Lipinski definition) is 0. The molecule has 2 unspecified atom stereocenters. The van der Waals surface area contributed by atoms with Crippen molar-refractivity contribution >= 4 is 0 Å². The van der Waals surface area contributed by atoms with E-state index >= 15 is 0 Å². The van der Waals surface area contributed by atoms with Crippen molar-refractivity contribution in [2.24, 2.45) is 11.8 Å². The largest absolute Gasteiger partial charge is 0.354 e. The second-order valence-electron chi connectivity index (χ2n) is 5.80. The second-order valence-corrected chi connectivity index (χ2v) is 5.80. The Labute approximate surface area is 93.2 Å². The van der Waals surface area contributed by atoms with Crippen molar-refractivity contribution in [2.75, 3.05) is 0 Å². The number of fused-ring (bicyclic) bond motifs is 1. The number of rotatable bonds is 4. The summed E-state index contributed by atoms with van der Waals surface area (Å²) in [6.07, 6.45) is 11.1. The van der Waals surface area contributed by atoms with E-state index in [9.17, 15) is 0 Å². The molecule has 0 spiro atoms. The highest BCUT2D eigenvalue weighted by Crippen LogP contribution is 2.58. The summed E-state index contributed by atoms with van der Waals surface area (Å²) in [5.41, 5.74) is 0.0559. The minimum atomic E-state index is 0.0280. The first-order valence-corrected chi connectivity index (χ1v) is 6.07. The third-order valence-corrected chi connectivity index (χ3v) is 3.30. The summed E-state index contributed by atoms with van der Waals surface area (Å²) in [6.45, 7) is 9.07. The van der Waals surface area contributed by atoms with Crippen molar-refractivity contribution in [3.05, 3.63) is 24.3 Å². The summed E-state index contributed by atoms with van der Waals surface area (Å²) in [7, 11) is 0. The Balaban J connectivity index is 2.14. The van der Waals surface area contributed by atoms with E-state index in [-0.39, 0.29) is 11.2 Å². The summed E-state index contributed by atoms with van der Waals surface area (Å²) in [5.74, 6) is 1.38. The number of epoxide rings is 1. The minimum Gasteiger partial charge on any atom is -0.354 e. The predicted octanol–water partition coefficient (Wildman–Crippen LogP) is 3.71. The van der Waals surface area contributed by atoms with Crippen LogP contribution in [0.4, 0.5) is 0 Å². The minimum absolute atomic E-state index is 0.0280. The first-order valence-electron chi connectivity index (χ1n) is 6.07. The molecule has 0 N–H and O–H groups in total. The number of allylic oxidation sites excluding steroid dienone is 2. The maximum Gasteiger partial charge on any atom is 0.121 e. The molecule has 0 aromatic rings. The zero-order valence-corrected chi connectivity index (χ0v) is 10.3. The molecule has 1 heteroatoms. The van der Waals surface area contributed by atoms with Crippen molar-refractivity contribution < 1.29 is 4.74 Å². The molecule has 0 aromatic heterocycles. The van der Waals surface area contributed by atoms with Gasteiger partial charge in [-0.15, -0.1) is 0 Å². The third-order valence-electron chi connectivity index (χ3n) is 3.30. The van der Waals surface area contributed by atoms with E-state index in [1.807, 2.05) is 0 Å². The van der Waals surface area contributed by atoms with Gasteiger partial charge in [0.05, 0.1) is 0 Å². The van der Waals surface area contributed by atoms with Gasteiger partial charge in [-0.05, 0) is 36.8 Å². The normalized spacial score (nSPS) is 37.5. The summed E-state index contributed by atoms with van der Waals surface area (Å²) in [5, 5.41) is 0. The number of hydrogen-bond acceptors (Lipinski definition) is 1. The fourth-order valence-electron chi connectivity index (χ4n) is 2.85. The summed E-state index contributed by atoms with van der Waals surface area (Å²) >= 11 is 0. The van der Waals surface area contributed by atoms with Crippen molar-refractivity contribution in [3.63, 3.8) is 0 Å². The maximum absolute atomic E-state index is 6.10. The van der Waals surface area contributed by atoms with Gasteiger partial charge in [0, 0.05) is 0 Å². The molecule has 1 saturated heterocycles. The fraction of sp³-hybridized carbons (Fsp3) is 0.714. The quantitative estimate of drug-likeness (QED) is 0.639. The maximum atomic E-state index is 6.10. The van der Waals surface area contributed by atoms with Crippen LogP contribution in [0, 0.1) is 11.8 Å². The summed E-state index contributed by atoms with van der Waals surface area (Å²) in [4.78, 5) is 0. The van der Waals surface area contributed by atoms with Gasteiger partial charge in [0.1, 0.15) is 11.2 Å². The van der Waals surface area contributed by atoms with Crippen LogP contribution in [0.3, 0.4) is 0 Å². The SMILES string of the molecule is CC(C)CC12C=CC=CC1(CC(C)C)O2. The Morgan fingerprint density at radius 2 is 1.27 bits per heavy atom. The van der Waals surface area contributed by atoms with Crippen molar-refractivity contribution in [1.29, 1.82) is 0 Å². The Morgan fingerprint density at radius 1 is 0.867 bits per heavy atom. The average molecular weight is 206 g/mol. The van der Waals surface area contributed by atoms with Crippen LogP contribution in [0.15, 0.2) is 24.3 Å². The molecule has 84 valence electrons. The summed E-state index contributed by atoms with van der Waals surface area (Å²) in [6, 6.07) is 0. The van der Waals surface area contributed by atoms with E-state index in [1.165, 1.54) is 0 Å². The highest BCUT2D eigenvalue weighted by atomic mass is 16.6. The predicted molar refractivity (Wildman–Crippen MR) is 63.7 cm³/mol. The van der Waals surface area contributed by atoms with Gasteiger partial charge in [0.2, 0.25) is 0 Å². The molecular formula is C14H22O. The van der Waals surface area contributed by atoms with Crippen LogP contribution in [0.5, 0.6) is 0 Å². The molecule has 1 fully saturated rings. The fourth-order valence-corrected chi connectivity index (χ4v) is 2.85. The molecule has 1 aliphatic heterocycles. The molecule has 0 radical (unpaired) electrons. The lowest BCUT2D eigenvalue weighted by Crippen LogP contribution is -2.27. The van der Waals surface area contributed by atoms with Gasteiger partial charge in [-0.2, -0.15) is 0 Å². The third kappa shape index (κ3) is 1.78. The lowest BCUT2D eigenvalue weighted by molar-refractivity contribution is 0.270. The van der Waals surface area contributed by atoms with Crippen LogP contribution in [0.2, 0.25) is 0 Å². The van der Waals surface area contributed by atoms with Crippen LogP contribution >= 0.6 is 0 Å². The Kier molecular flexibility index (Phi) is 2.54. The Morgan fingerprint density at radius 3 is 1.60 bits per heavy atom. The topological polar surface area (TPSA) is 12.5 Å². The van der Waals surface area contributed by atoms with E-state index in [1.54, 1.807) is 0 Å². The molecular weight excluding hydrogens is 184 g/mol. The molecule has 2 atom stereocenters. The molecule has 0 amide bonds. The molecule has 1 heterocycles. The molecule has 0 aromatic carbocycles. The van der Waals surface area contributed by atoms with Crippen LogP contribution in [0.1, 0.15) is 40.5 Å².